The zero-order valence-corrected chi connectivity index (χ0v) is 12.2. The lowest BCUT2D eigenvalue weighted by Gasteiger charge is -2.07. The van der Waals surface area contributed by atoms with Crippen molar-refractivity contribution in [2.75, 3.05) is 7.11 Å². The van der Waals surface area contributed by atoms with Gasteiger partial charge in [0.05, 0.1) is 12.1 Å². The lowest BCUT2D eigenvalue weighted by molar-refractivity contribution is 0.0691. The van der Waals surface area contributed by atoms with E-state index in [0.717, 1.165) is 27.1 Å². The van der Waals surface area contributed by atoms with Gasteiger partial charge in [-0.3, -0.25) is 0 Å². The van der Waals surface area contributed by atoms with Gasteiger partial charge in [0.15, 0.2) is 5.69 Å². The van der Waals surface area contributed by atoms with Gasteiger partial charge in [-0.2, -0.15) is 0 Å². The first-order chi connectivity index (χ1) is 10.2. The fourth-order valence-corrected chi connectivity index (χ4v) is 3.04. The van der Waals surface area contributed by atoms with Crippen LogP contribution in [0.5, 0.6) is 5.75 Å². The van der Waals surface area contributed by atoms with Gasteiger partial charge < -0.3 is 9.84 Å². The second kappa shape index (κ2) is 5.54. The first-order valence-corrected chi connectivity index (χ1v) is 7.28. The molecule has 3 aromatic rings. The van der Waals surface area contributed by atoms with Crippen molar-refractivity contribution in [2.45, 2.75) is 6.42 Å². The summed E-state index contributed by atoms with van der Waals surface area (Å²) in [4.78, 5) is 15.0. The summed E-state index contributed by atoms with van der Waals surface area (Å²) in [6.45, 7) is 0. The molecular formula is C16H13NO3S. The summed E-state index contributed by atoms with van der Waals surface area (Å²) in [5, 5.41) is 13.5. The highest BCUT2D eigenvalue weighted by molar-refractivity contribution is 7.09. The summed E-state index contributed by atoms with van der Waals surface area (Å²) >= 11 is 1.37. The van der Waals surface area contributed by atoms with E-state index in [-0.39, 0.29) is 5.69 Å². The predicted octanol–water partition coefficient (Wildman–Crippen LogP) is 3.59. The minimum atomic E-state index is -0.989. The Morgan fingerprint density at radius 2 is 2.19 bits per heavy atom. The van der Waals surface area contributed by atoms with Gasteiger partial charge in [0.1, 0.15) is 5.75 Å². The molecule has 4 nitrogen and oxygen atoms in total. The second-order valence-corrected chi connectivity index (χ2v) is 5.56. The van der Waals surface area contributed by atoms with Gasteiger partial charge in [-0.15, -0.1) is 11.3 Å². The molecule has 0 aliphatic rings. The number of nitrogens with zero attached hydrogens (tertiary/aromatic N) is 1. The molecule has 0 saturated carbocycles. The van der Waals surface area contributed by atoms with E-state index in [0.29, 0.717) is 6.42 Å². The van der Waals surface area contributed by atoms with Crippen LogP contribution in [-0.4, -0.2) is 23.2 Å². The molecular weight excluding hydrogens is 286 g/mol. The van der Waals surface area contributed by atoms with E-state index >= 15 is 0 Å². The molecule has 1 N–H and O–H groups in total. The van der Waals surface area contributed by atoms with Crippen LogP contribution in [0, 0.1) is 0 Å². The smallest absolute Gasteiger partial charge is 0.355 e. The SMILES string of the molecule is COc1ccc2cccc(Cc3nc(C(=O)O)cs3)c2c1. The zero-order valence-electron chi connectivity index (χ0n) is 11.4. The standard InChI is InChI=1S/C16H13NO3S/c1-20-12-6-5-10-3-2-4-11(13(10)8-12)7-15-17-14(9-21-15)16(18)19/h2-6,8-9H,7H2,1H3,(H,18,19). The number of fused-ring (bicyclic) bond motifs is 1. The fourth-order valence-electron chi connectivity index (χ4n) is 2.25. The number of methoxy groups -OCH3 is 1. The first-order valence-electron chi connectivity index (χ1n) is 6.40. The second-order valence-electron chi connectivity index (χ2n) is 4.61. The van der Waals surface area contributed by atoms with E-state index in [1.165, 1.54) is 11.3 Å². The molecule has 0 saturated heterocycles. The Kier molecular flexibility index (Phi) is 3.58. The minimum absolute atomic E-state index is 0.104. The van der Waals surface area contributed by atoms with Crippen molar-refractivity contribution in [3.63, 3.8) is 0 Å². The number of hydrogen-bond acceptors (Lipinski definition) is 4. The average Bonchev–Trinajstić information content (AvgIpc) is 2.96. The Morgan fingerprint density at radius 1 is 1.33 bits per heavy atom. The Hall–Kier alpha value is -2.40. The minimum Gasteiger partial charge on any atom is -0.497 e. The third-order valence-electron chi connectivity index (χ3n) is 3.29. The Bertz CT molecular complexity index is 810. The summed E-state index contributed by atoms with van der Waals surface area (Å²) in [6, 6.07) is 12.0. The Morgan fingerprint density at radius 3 is 2.90 bits per heavy atom. The highest BCUT2D eigenvalue weighted by Crippen LogP contribution is 2.26. The van der Waals surface area contributed by atoms with E-state index in [1.54, 1.807) is 12.5 Å². The van der Waals surface area contributed by atoms with Crippen LogP contribution in [0.4, 0.5) is 0 Å². The lowest BCUT2D eigenvalue weighted by atomic mass is 10.0. The zero-order chi connectivity index (χ0) is 14.8. The molecule has 0 unspecified atom stereocenters. The summed E-state index contributed by atoms with van der Waals surface area (Å²) in [6.07, 6.45) is 0.614. The Labute approximate surface area is 125 Å². The van der Waals surface area contributed by atoms with Crippen LogP contribution < -0.4 is 4.74 Å². The van der Waals surface area contributed by atoms with Crippen LogP contribution in [0.25, 0.3) is 10.8 Å². The lowest BCUT2D eigenvalue weighted by Crippen LogP contribution is -1.97. The van der Waals surface area contributed by atoms with Crippen molar-refractivity contribution in [1.29, 1.82) is 0 Å². The van der Waals surface area contributed by atoms with Gasteiger partial charge in [0, 0.05) is 11.8 Å². The fraction of sp³-hybridized carbons (Fsp3) is 0.125. The van der Waals surface area contributed by atoms with Gasteiger partial charge in [-0.05, 0) is 28.5 Å². The number of carbonyl (C=O) groups is 1. The van der Waals surface area contributed by atoms with Crippen molar-refractivity contribution >= 4 is 28.1 Å². The first kappa shape index (κ1) is 13.6. The monoisotopic (exact) mass is 299 g/mol. The molecule has 3 rings (SSSR count). The molecule has 0 amide bonds. The van der Waals surface area contributed by atoms with Crippen molar-refractivity contribution in [3.05, 3.63) is 58.0 Å². The number of aromatic nitrogens is 1. The molecule has 5 heteroatoms. The number of aromatic carboxylic acids is 1. The topological polar surface area (TPSA) is 59.4 Å². The van der Waals surface area contributed by atoms with E-state index in [9.17, 15) is 4.79 Å². The van der Waals surface area contributed by atoms with Crippen LogP contribution in [-0.2, 0) is 6.42 Å². The normalized spacial score (nSPS) is 10.7. The van der Waals surface area contributed by atoms with Crippen LogP contribution in [0.3, 0.4) is 0 Å². The summed E-state index contributed by atoms with van der Waals surface area (Å²) < 4.78 is 5.27. The molecule has 106 valence electrons. The number of rotatable bonds is 4. The molecule has 0 radical (unpaired) electrons. The van der Waals surface area contributed by atoms with Gasteiger partial charge in [-0.1, -0.05) is 24.3 Å². The number of carboxylic acids is 1. The number of benzene rings is 2. The molecule has 21 heavy (non-hydrogen) atoms. The number of carboxylic acid groups (broad SMARTS) is 1. The maximum atomic E-state index is 10.9. The maximum absolute atomic E-state index is 10.9. The quantitative estimate of drug-likeness (QED) is 0.799. The van der Waals surface area contributed by atoms with Crippen molar-refractivity contribution in [1.82, 2.24) is 4.98 Å². The molecule has 1 aromatic heterocycles. The van der Waals surface area contributed by atoms with Gasteiger partial charge in [0.2, 0.25) is 0 Å². The van der Waals surface area contributed by atoms with Crippen molar-refractivity contribution in [3.8, 4) is 5.75 Å². The Balaban J connectivity index is 2.00. The molecule has 0 spiro atoms. The van der Waals surface area contributed by atoms with E-state index in [1.807, 2.05) is 36.4 Å². The summed E-state index contributed by atoms with van der Waals surface area (Å²) in [7, 11) is 1.64. The average molecular weight is 299 g/mol. The summed E-state index contributed by atoms with van der Waals surface area (Å²) in [5.74, 6) is -0.183. The highest BCUT2D eigenvalue weighted by atomic mass is 32.1. The molecule has 0 aliphatic carbocycles. The van der Waals surface area contributed by atoms with E-state index in [4.69, 9.17) is 9.84 Å². The van der Waals surface area contributed by atoms with Crippen molar-refractivity contribution in [2.24, 2.45) is 0 Å². The van der Waals surface area contributed by atoms with Crippen LogP contribution in [0.15, 0.2) is 41.8 Å². The maximum Gasteiger partial charge on any atom is 0.355 e. The molecule has 1 heterocycles. The van der Waals surface area contributed by atoms with Gasteiger partial charge in [0.25, 0.3) is 0 Å². The third-order valence-corrected chi connectivity index (χ3v) is 4.14. The molecule has 0 aliphatic heterocycles. The number of thiazole rings is 1. The molecule has 0 bridgehead atoms. The molecule has 0 fully saturated rings. The highest BCUT2D eigenvalue weighted by Gasteiger charge is 2.10. The van der Waals surface area contributed by atoms with Gasteiger partial charge >= 0.3 is 5.97 Å². The van der Waals surface area contributed by atoms with Crippen LogP contribution in [0.2, 0.25) is 0 Å². The number of ether oxygens (including phenoxy) is 1. The van der Waals surface area contributed by atoms with Crippen LogP contribution >= 0.6 is 11.3 Å². The van der Waals surface area contributed by atoms with Crippen molar-refractivity contribution < 1.29 is 14.6 Å². The van der Waals surface area contributed by atoms with E-state index < -0.39 is 5.97 Å². The largest absolute Gasteiger partial charge is 0.497 e. The number of hydrogen-bond donors (Lipinski definition) is 1. The third kappa shape index (κ3) is 2.73. The summed E-state index contributed by atoms with van der Waals surface area (Å²) in [5.41, 5.74) is 1.21. The van der Waals surface area contributed by atoms with Crippen LogP contribution in [0.1, 0.15) is 21.1 Å². The van der Waals surface area contributed by atoms with E-state index in [2.05, 4.69) is 4.98 Å². The molecule has 0 atom stereocenters. The van der Waals surface area contributed by atoms with Gasteiger partial charge in [-0.25, -0.2) is 9.78 Å². The molecule has 2 aromatic carbocycles. The predicted molar refractivity (Wildman–Crippen MR) is 82.4 cm³/mol.